The first-order valence-corrected chi connectivity index (χ1v) is 14.8. The Morgan fingerprint density at radius 3 is 2.62 bits per heavy atom. The zero-order chi connectivity index (χ0) is 30.6. The van der Waals surface area contributed by atoms with Crippen LogP contribution in [0.15, 0.2) is 52.3 Å². The largest absolute Gasteiger partial charge is 0.462 e. The summed E-state index contributed by atoms with van der Waals surface area (Å²) in [6.07, 6.45) is 1.90. The van der Waals surface area contributed by atoms with Gasteiger partial charge >= 0.3 is 19.4 Å². The van der Waals surface area contributed by atoms with Crippen LogP contribution in [0.3, 0.4) is 0 Å². The second-order valence-electron chi connectivity index (χ2n) is 10.3. The maximum absolute atomic E-state index is 14.0. The van der Waals surface area contributed by atoms with Gasteiger partial charge in [0.15, 0.2) is 5.69 Å². The highest BCUT2D eigenvalue weighted by Gasteiger charge is 2.38. The van der Waals surface area contributed by atoms with Crippen molar-refractivity contribution in [3.8, 4) is 22.9 Å². The van der Waals surface area contributed by atoms with Crippen molar-refractivity contribution in [2.75, 3.05) is 6.61 Å². The molecule has 224 valence electrons. The lowest BCUT2D eigenvalue weighted by molar-refractivity contribution is -0.149. The molecule has 4 unspecified atom stereocenters. The molecule has 5 atom stereocenters. The molecule has 1 fully saturated rings. The van der Waals surface area contributed by atoms with Crippen LogP contribution in [-0.4, -0.2) is 50.2 Å². The van der Waals surface area contributed by atoms with Gasteiger partial charge in [0.25, 0.3) is 5.56 Å². The van der Waals surface area contributed by atoms with Crippen molar-refractivity contribution in [3.05, 3.63) is 69.3 Å². The summed E-state index contributed by atoms with van der Waals surface area (Å²) < 4.78 is 39.6. The monoisotopic (exact) mass is 600 g/mol. The Labute approximate surface area is 241 Å². The van der Waals surface area contributed by atoms with E-state index in [0.29, 0.717) is 17.5 Å². The summed E-state index contributed by atoms with van der Waals surface area (Å²) in [7, 11) is -2.48. The Morgan fingerprint density at radius 1 is 1.26 bits per heavy atom. The Balaban J connectivity index is 1.51. The van der Waals surface area contributed by atoms with Gasteiger partial charge in [0.2, 0.25) is 0 Å². The number of aromatic amines is 1. The van der Waals surface area contributed by atoms with Gasteiger partial charge < -0.3 is 14.0 Å². The fourth-order valence-corrected chi connectivity index (χ4v) is 6.03. The van der Waals surface area contributed by atoms with Crippen molar-refractivity contribution in [2.24, 2.45) is 13.0 Å². The Kier molecular flexibility index (Phi) is 9.48. The lowest BCUT2D eigenvalue weighted by Gasteiger charge is -2.24. The van der Waals surface area contributed by atoms with E-state index in [4.69, 9.17) is 18.5 Å². The molecule has 3 aromatic rings. The van der Waals surface area contributed by atoms with Gasteiger partial charge in [-0.15, -0.1) is 0 Å². The molecule has 15 heteroatoms. The number of H-pyrrole nitrogens is 1. The molecule has 0 spiro atoms. The first-order valence-electron chi connectivity index (χ1n) is 13.3. The molecular formula is C27H33N6O8P. The number of benzene rings is 1. The predicted octanol–water partition coefficient (Wildman–Crippen LogP) is 2.87. The molecular weight excluding hydrogens is 567 g/mol. The van der Waals surface area contributed by atoms with Gasteiger partial charge in [-0.05, 0) is 44.9 Å². The molecule has 0 bridgehead atoms. The summed E-state index contributed by atoms with van der Waals surface area (Å²) in [4.78, 5) is 38.4. The standard InChI is InChI=1S/C27H33N6O8P/c1-16(2)39-26(35)18(4)31-42(37,41-20-8-6-19(7-9-20)22-14-32(5)30-23(22)13-28)38-15-21-12-17(3)25(40-21)33-11-10-24(34)29-27(33)36/h6-11,14,16-18,21,25H,12,15H2,1-5H3,(H,31,37)(H,29,34,36)/t17?,18-,21?,25?,42?/m0/s1. The van der Waals surface area contributed by atoms with Crippen molar-refractivity contribution in [2.45, 2.75) is 58.6 Å². The number of ether oxygens (including phenoxy) is 2. The van der Waals surface area contributed by atoms with E-state index < -0.39 is 43.3 Å². The molecule has 1 aliphatic rings. The number of aromatic nitrogens is 4. The van der Waals surface area contributed by atoms with E-state index >= 15 is 0 Å². The normalized spacial score (nSPS) is 20.5. The van der Waals surface area contributed by atoms with Crippen molar-refractivity contribution >= 4 is 13.7 Å². The van der Waals surface area contributed by atoms with E-state index in [-0.39, 0.29) is 30.1 Å². The molecule has 0 aliphatic carbocycles. The Bertz CT molecular complexity index is 1620. The Morgan fingerprint density at radius 2 is 1.98 bits per heavy atom. The minimum atomic E-state index is -4.19. The molecule has 0 amide bonds. The van der Waals surface area contributed by atoms with E-state index in [1.165, 1.54) is 28.4 Å². The van der Waals surface area contributed by atoms with Gasteiger partial charge in [0, 0.05) is 37.0 Å². The number of esters is 1. The summed E-state index contributed by atoms with van der Waals surface area (Å²) in [5.41, 5.74) is 0.451. The average molecular weight is 601 g/mol. The molecule has 3 heterocycles. The van der Waals surface area contributed by atoms with Gasteiger partial charge in [-0.2, -0.15) is 15.4 Å². The predicted molar refractivity (Wildman–Crippen MR) is 150 cm³/mol. The molecule has 1 aliphatic heterocycles. The Hall–Kier alpha value is -4.02. The summed E-state index contributed by atoms with van der Waals surface area (Å²) in [6.45, 7) is 6.56. The second-order valence-corrected chi connectivity index (χ2v) is 12.0. The van der Waals surface area contributed by atoms with Gasteiger partial charge in [-0.25, -0.2) is 9.36 Å². The topological polar surface area (TPSA) is 180 Å². The van der Waals surface area contributed by atoms with Gasteiger partial charge in [-0.1, -0.05) is 19.1 Å². The summed E-state index contributed by atoms with van der Waals surface area (Å²) in [6, 6.07) is 8.73. The number of carbonyl (C=O) groups is 1. The smallest absolute Gasteiger partial charge is 0.459 e. The SMILES string of the molecule is CC(C)OC(=O)[C@H](C)NP(=O)(OCC1CC(C)C(n2ccc(=O)[nH]c2=O)O1)Oc1ccc(-c2cn(C)nc2C#N)cc1. The van der Waals surface area contributed by atoms with E-state index in [1.807, 2.05) is 6.92 Å². The summed E-state index contributed by atoms with van der Waals surface area (Å²) >= 11 is 0. The van der Waals surface area contributed by atoms with Crippen LogP contribution in [0, 0.1) is 17.2 Å². The first kappa shape index (κ1) is 30.9. The van der Waals surface area contributed by atoms with Crippen LogP contribution < -0.4 is 20.9 Å². The lowest BCUT2D eigenvalue weighted by atomic mass is 10.1. The molecule has 1 aromatic carbocycles. The molecule has 1 saturated heterocycles. The number of hydrogen-bond acceptors (Lipinski definition) is 10. The number of nitrogens with one attached hydrogen (secondary N) is 2. The van der Waals surface area contributed by atoms with Crippen LogP contribution in [0.1, 0.15) is 46.0 Å². The fraction of sp³-hybridized carbons (Fsp3) is 0.444. The van der Waals surface area contributed by atoms with E-state index in [0.717, 1.165) is 0 Å². The highest BCUT2D eigenvalue weighted by Crippen LogP contribution is 2.46. The van der Waals surface area contributed by atoms with Gasteiger partial charge in [0.05, 0.1) is 18.8 Å². The average Bonchev–Trinajstić information content (AvgIpc) is 3.49. The second kappa shape index (κ2) is 12.9. The first-order chi connectivity index (χ1) is 19.9. The molecule has 0 radical (unpaired) electrons. The van der Waals surface area contributed by atoms with Crippen LogP contribution in [0.4, 0.5) is 0 Å². The van der Waals surface area contributed by atoms with Crippen LogP contribution in [0.25, 0.3) is 11.1 Å². The van der Waals surface area contributed by atoms with Crippen LogP contribution in [-0.2, 0) is 30.4 Å². The summed E-state index contributed by atoms with van der Waals surface area (Å²) in [5.74, 6) is -0.592. The number of rotatable bonds is 11. The molecule has 14 nitrogen and oxygen atoms in total. The minimum absolute atomic E-state index is 0.131. The van der Waals surface area contributed by atoms with Crippen molar-refractivity contribution in [3.63, 3.8) is 0 Å². The molecule has 2 aromatic heterocycles. The van der Waals surface area contributed by atoms with Gasteiger partial charge in [-0.3, -0.25) is 28.3 Å². The number of nitrogens with zero attached hydrogens (tertiary/aromatic N) is 4. The van der Waals surface area contributed by atoms with Crippen LogP contribution in [0.2, 0.25) is 0 Å². The van der Waals surface area contributed by atoms with Crippen molar-refractivity contribution < 1.29 is 27.9 Å². The van der Waals surface area contributed by atoms with E-state index in [1.54, 1.807) is 51.4 Å². The van der Waals surface area contributed by atoms with Crippen LogP contribution >= 0.6 is 7.75 Å². The number of aryl methyl sites for hydroxylation is 1. The fourth-order valence-electron chi connectivity index (χ4n) is 4.50. The van der Waals surface area contributed by atoms with E-state index in [9.17, 15) is 24.2 Å². The highest BCUT2D eigenvalue weighted by molar-refractivity contribution is 7.52. The third-order valence-corrected chi connectivity index (χ3v) is 8.04. The third-order valence-electron chi connectivity index (χ3n) is 6.39. The van der Waals surface area contributed by atoms with Crippen LogP contribution in [0.5, 0.6) is 5.75 Å². The highest BCUT2D eigenvalue weighted by atomic mass is 31.2. The minimum Gasteiger partial charge on any atom is -0.462 e. The molecule has 2 N–H and O–H groups in total. The molecule has 42 heavy (non-hydrogen) atoms. The van der Waals surface area contributed by atoms with E-state index in [2.05, 4.69) is 21.2 Å². The lowest BCUT2D eigenvalue weighted by Crippen LogP contribution is -2.36. The number of nitriles is 1. The van der Waals surface area contributed by atoms with Crippen molar-refractivity contribution in [1.82, 2.24) is 24.4 Å². The molecule has 0 saturated carbocycles. The quantitative estimate of drug-likeness (QED) is 0.244. The summed E-state index contributed by atoms with van der Waals surface area (Å²) in [5, 5.41) is 16.1. The molecule has 4 rings (SSSR count). The zero-order valence-corrected chi connectivity index (χ0v) is 24.7. The zero-order valence-electron chi connectivity index (χ0n) is 23.8. The maximum Gasteiger partial charge on any atom is 0.459 e. The maximum atomic E-state index is 14.0. The number of carbonyl (C=O) groups excluding carboxylic acids is 1. The van der Waals surface area contributed by atoms with Gasteiger partial charge in [0.1, 0.15) is 24.1 Å². The number of hydrogen-bond donors (Lipinski definition) is 2. The van der Waals surface area contributed by atoms with Crippen molar-refractivity contribution in [1.29, 1.82) is 5.26 Å². The third kappa shape index (κ3) is 7.43.